The first kappa shape index (κ1) is 20.9. The van der Waals surface area contributed by atoms with E-state index >= 15 is 0 Å². The smallest absolute Gasteiger partial charge is 0.416 e. The Hall–Kier alpha value is -2.34. The van der Waals surface area contributed by atoms with Gasteiger partial charge in [0, 0.05) is 11.8 Å². The molecule has 158 valence electrons. The predicted molar refractivity (Wildman–Crippen MR) is 106 cm³/mol. The van der Waals surface area contributed by atoms with E-state index in [1.54, 1.807) is 18.2 Å². The van der Waals surface area contributed by atoms with Crippen LogP contribution in [-0.4, -0.2) is 11.6 Å². The van der Waals surface area contributed by atoms with Gasteiger partial charge >= 0.3 is 6.18 Å². The van der Waals surface area contributed by atoms with Crippen molar-refractivity contribution in [3.05, 3.63) is 58.1 Å². The second-order valence-electron chi connectivity index (χ2n) is 7.90. The number of Topliss-reactive ketones (excluding diaryl/α,β-unsaturated/α-hetero) is 2. The molecule has 2 saturated carbocycles. The third-order valence-corrected chi connectivity index (χ3v) is 6.40. The lowest BCUT2D eigenvalue weighted by Crippen LogP contribution is -2.35. The number of fused-ring (bicyclic) bond motifs is 2. The third-order valence-electron chi connectivity index (χ3n) is 6.10. The van der Waals surface area contributed by atoms with Crippen molar-refractivity contribution in [1.82, 2.24) is 0 Å². The lowest BCUT2D eigenvalue weighted by molar-refractivity contribution is -0.138. The van der Waals surface area contributed by atoms with Crippen molar-refractivity contribution in [3.8, 4) is 11.5 Å². The van der Waals surface area contributed by atoms with Gasteiger partial charge in [-0.15, -0.1) is 0 Å². The molecular formula is C23H20ClF3O3. The molecule has 0 saturated heterocycles. The Labute approximate surface area is 177 Å². The van der Waals surface area contributed by atoms with Crippen LogP contribution in [0.3, 0.4) is 0 Å². The van der Waals surface area contributed by atoms with E-state index in [2.05, 4.69) is 0 Å². The number of carbonyl (C=O) groups is 2. The lowest BCUT2D eigenvalue weighted by atomic mass is 9.74. The maximum absolute atomic E-state index is 12.9. The first-order valence-electron chi connectivity index (χ1n) is 9.94. The highest BCUT2D eigenvalue weighted by Crippen LogP contribution is 2.45. The standard InChI is InChI=1S/C23H20ClF3O3/c1-2-12-5-7-16(30-19-8-6-15(10-18(19)24)23(25,26)27)11-17(12)20-21(28)13-3-4-14(9-13)22(20)29/h5-8,10-11,13-14,20H,2-4,9H2,1H3. The Balaban J connectivity index is 1.67. The molecule has 0 amide bonds. The van der Waals surface area contributed by atoms with Crippen molar-refractivity contribution in [3.63, 3.8) is 0 Å². The van der Waals surface area contributed by atoms with Crippen molar-refractivity contribution < 1.29 is 27.5 Å². The number of rotatable bonds is 4. The molecule has 2 atom stereocenters. The Morgan fingerprint density at radius 2 is 1.70 bits per heavy atom. The van der Waals surface area contributed by atoms with E-state index in [0.29, 0.717) is 24.2 Å². The molecule has 0 aliphatic heterocycles. The van der Waals surface area contributed by atoms with Crippen LogP contribution in [0, 0.1) is 11.8 Å². The number of ketones is 2. The summed E-state index contributed by atoms with van der Waals surface area (Å²) in [5.41, 5.74) is 0.647. The van der Waals surface area contributed by atoms with Crippen LogP contribution in [0.4, 0.5) is 13.2 Å². The number of alkyl halides is 3. The zero-order valence-electron chi connectivity index (χ0n) is 16.3. The summed E-state index contributed by atoms with van der Waals surface area (Å²) < 4.78 is 44.3. The molecule has 2 fully saturated rings. The highest BCUT2D eigenvalue weighted by atomic mass is 35.5. The molecule has 2 aromatic rings. The fraction of sp³-hybridized carbons (Fsp3) is 0.391. The molecule has 2 bridgehead atoms. The Morgan fingerprint density at radius 1 is 1.03 bits per heavy atom. The second-order valence-corrected chi connectivity index (χ2v) is 8.31. The number of hydrogen-bond acceptors (Lipinski definition) is 3. The highest BCUT2D eigenvalue weighted by Gasteiger charge is 2.47. The topological polar surface area (TPSA) is 43.4 Å². The molecule has 2 aliphatic rings. The van der Waals surface area contributed by atoms with Gasteiger partial charge in [-0.2, -0.15) is 13.2 Å². The maximum atomic E-state index is 12.9. The molecule has 2 aromatic carbocycles. The summed E-state index contributed by atoms with van der Waals surface area (Å²) in [6, 6.07) is 7.98. The number of benzene rings is 2. The van der Waals surface area contributed by atoms with Crippen LogP contribution in [0.2, 0.25) is 5.02 Å². The Bertz CT molecular complexity index is 993. The minimum atomic E-state index is -4.50. The normalized spacial score (nSPS) is 23.7. The van der Waals surface area contributed by atoms with E-state index in [4.69, 9.17) is 16.3 Å². The summed E-state index contributed by atoms with van der Waals surface area (Å²) in [7, 11) is 0. The quantitative estimate of drug-likeness (QED) is 0.523. The lowest BCUT2D eigenvalue weighted by Gasteiger charge is -2.27. The van der Waals surface area contributed by atoms with Gasteiger partial charge in [0.2, 0.25) is 0 Å². The van der Waals surface area contributed by atoms with Gasteiger partial charge in [-0.25, -0.2) is 0 Å². The summed E-state index contributed by atoms with van der Waals surface area (Å²) in [6.07, 6.45) is -1.70. The van der Waals surface area contributed by atoms with E-state index in [1.165, 1.54) is 0 Å². The summed E-state index contributed by atoms with van der Waals surface area (Å²) >= 11 is 5.99. The van der Waals surface area contributed by atoms with E-state index < -0.39 is 17.7 Å². The highest BCUT2D eigenvalue weighted by molar-refractivity contribution is 6.32. The molecule has 0 spiro atoms. The van der Waals surface area contributed by atoms with Crippen LogP contribution in [-0.2, 0) is 22.2 Å². The van der Waals surface area contributed by atoms with Crippen LogP contribution in [0.1, 0.15) is 48.8 Å². The van der Waals surface area contributed by atoms with Crippen molar-refractivity contribution in [2.75, 3.05) is 0 Å². The van der Waals surface area contributed by atoms with Gasteiger partial charge in [0.1, 0.15) is 17.4 Å². The van der Waals surface area contributed by atoms with Gasteiger partial charge in [-0.3, -0.25) is 9.59 Å². The van der Waals surface area contributed by atoms with E-state index in [9.17, 15) is 22.8 Å². The second kappa shape index (κ2) is 7.73. The fourth-order valence-corrected chi connectivity index (χ4v) is 4.75. The van der Waals surface area contributed by atoms with Gasteiger partial charge in [0.15, 0.2) is 11.6 Å². The summed E-state index contributed by atoms with van der Waals surface area (Å²) in [5.74, 6) is -0.615. The van der Waals surface area contributed by atoms with Crippen LogP contribution in [0.15, 0.2) is 36.4 Å². The average molecular weight is 437 g/mol. The predicted octanol–water partition coefficient (Wildman–Crippen LogP) is 6.37. The molecule has 0 aromatic heterocycles. The number of carbonyl (C=O) groups excluding carboxylic acids is 2. The molecule has 0 heterocycles. The van der Waals surface area contributed by atoms with Crippen molar-refractivity contribution in [2.45, 2.75) is 44.7 Å². The SMILES string of the molecule is CCc1ccc(Oc2ccc(C(F)(F)F)cc2Cl)cc1C1C(=O)C2CCC(C2)C1=O. The van der Waals surface area contributed by atoms with E-state index in [0.717, 1.165) is 36.6 Å². The number of ether oxygens (including phenoxy) is 1. The van der Waals surface area contributed by atoms with Crippen LogP contribution in [0.5, 0.6) is 11.5 Å². The summed E-state index contributed by atoms with van der Waals surface area (Å²) in [6.45, 7) is 1.94. The van der Waals surface area contributed by atoms with E-state index in [-0.39, 0.29) is 34.2 Å². The van der Waals surface area contributed by atoms with Crippen LogP contribution >= 0.6 is 11.6 Å². The summed E-state index contributed by atoms with van der Waals surface area (Å²) in [5, 5.41) is -0.172. The van der Waals surface area contributed by atoms with Crippen molar-refractivity contribution in [2.24, 2.45) is 11.8 Å². The largest absolute Gasteiger partial charge is 0.456 e. The van der Waals surface area contributed by atoms with Crippen molar-refractivity contribution >= 4 is 23.2 Å². The molecule has 0 N–H and O–H groups in total. The Kier molecular flexibility index (Phi) is 5.39. The zero-order valence-corrected chi connectivity index (χ0v) is 17.0. The van der Waals surface area contributed by atoms with Gasteiger partial charge in [-0.1, -0.05) is 24.6 Å². The minimum absolute atomic E-state index is 0.0341. The Morgan fingerprint density at radius 3 is 2.27 bits per heavy atom. The fourth-order valence-electron chi connectivity index (χ4n) is 4.53. The first-order valence-corrected chi connectivity index (χ1v) is 10.3. The van der Waals surface area contributed by atoms with Gasteiger partial charge in [0.05, 0.1) is 10.6 Å². The van der Waals surface area contributed by atoms with Crippen LogP contribution in [0.25, 0.3) is 0 Å². The molecule has 7 heteroatoms. The third kappa shape index (κ3) is 3.73. The molecule has 30 heavy (non-hydrogen) atoms. The number of aryl methyl sites for hydroxylation is 1. The van der Waals surface area contributed by atoms with Crippen molar-refractivity contribution in [1.29, 1.82) is 0 Å². The number of halogens is 4. The van der Waals surface area contributed by atoms with E-state index in [1.807, 2.05) is 6.92 Å². The molecule has 3 nitrogen and oxygen atoms in total. The first-order chi connectivity index (χ1) is 14.2. The molecule has 4 rings (SSSR count). The van der Waals surface area contributed by atoms with Crippen LogP contribution < -0.4 is 4.74 Å². The van der Waals surface area contributed by atoms with Gasteiger partial charge in [0.25, 0.3) is 0 Å². The van der Waals surface area contributed by atoms with Gasteiger partial charge in [-0.05, 0) is 67.1 Å². The molecule has 2 unspecified atom stereocenters. The molecule has 2 aliphatic carbocycles. The minimum Gasteiger partial charge on any atom is -0.456 e. The zero-order chi connectivity index (χ0) is 21.6. The number of hydrogen-bond donors (Lipinski definition) is 0. The maximum Gasteiger partial charge on any atom is 0.416 e. The molecule has 0 radical (unpaired) electrons. The van der Waals surface area contributed by atoms with Gasteiger partial charge < -0.3 is 4.74 Å². The molecular weight excluding hydrogens is 417 g/mol. The average Bonchev–Trinajstić information content (AvgIpc) is 3.15. The summed E-state index contributed by atoms with van der Waals surface area (Å²) in [4.78, 5) is 25.9. The monoisotopic (exact) mass is 436 g/mol.